The lowest BCUT2D eigenvalue weighted by Crippen LogP contribution is -2.08. The van der Waals surface area contributed by atoms with Gasteiger partial charge in [-0.15, -0.1) is 11.3 Å². The van der Waals surface area contributed by atoms with Gasteiger partial charge in [0.2, 0.25) is 5.88 Å². The van der Waals surface area contributed by atoms with Crippen molar-refractivity contribution < 1.29 is 28.5 Å². The standard InChI is InChI=1S/C25H23FN2O5S/c1-31-21-10-7-14(11-22(21)32-2)19(29)8-9-20(30)18-12-23(33-3)28-25(27-18)16-13-34-24-15(16)5-4-6-17(24)26/h4-7,10-13,20,30H,8-9H2,1-3H3. The Labute approximate surface area is 199 Å². The Morgan fingerprint density at radius 2 is 1.85 bits per heavy atom. The zero-order chi connectivity index (χ0) is 24.2. The molecular weight excluding hydrogens is 459 g/mol. The number of aromatic nitrogens is 2. The molecule has 176 valence electrons. The molecule has 2 aromatic heterocycles. The fourth-order valence-corrected chi connectivity index (χ4v) is 4.56. The van der Waals surface area contributed by atoms with Gasteiger partial charge in [-0.25, -0.2) is 9.37 Å². The van der Waals surface area contributed by atoms with Crippen LogP contribution in [0.1, 0.15) is 35.0 Å². The first kappa shape index (κ1) is 23.6. The number of thiophene rings is 1. The second-order valence-corrected chi connectivity index (χ2v) is 8.35. The summed E-state index contributed by atoms with van der Waals surface area (Å²) in [5, 5.41) is 13.3. The Balaban J connectivity index is 1.56. The van der Waals surface area contributed by atoms with Crippen LogP contribution < -0.4 is 14.2 Å². The Morgan fingerprint density at radius 3 is 2.59 bits per heavy atom. The molecule has 0 aliphatic rings. The molecule has 4 aromatic rings. The summed E-state index contributed by atoms with van der Waals surface area (Å²) in [5.41, 5.74) is 1.42. The summed E-state index contributed by atoms with van der Waals surface area (Å²) in [6.45, 7) is 0. The first-order valence-electron chi connectivity index (χ1n) is 10.5. The topological polar surface area (TPSA) is 90.8 Å². The molecule has 7 nitrogen and oxygen atoms in total. The predicted molar refractivity (Wildman–Crippen MR) is 127 cm³/mol. The van der Waals surface area contributed by atoms with Gasteiger partial charge in [0.1, 0.15) is 5.82 Å². The van der Waals surface area contributed by atoms with Crippen molar-refractivity contribution >= 4 is 27.2 Å². The number of nitrogens with zero attached hydrogens (tertiary/aromatic N) is 2. The number of hydrogen-bond donors (Lipinski definition) is 1. The van der Waals surface area contributed by atoms with Crippen molar-refractivity contribution in [2.24, 2.45) is 0 Å². The van der Waals surface area contributed by atoms with E-state index in [1.807, 2.05) is 0 Å². The van der Waals surface area contributed by atoms with Gasteiger partial charge < -0.3 is 19.3 Å². The van der Waals surface area contributed by atoms with E-state index in [0.29, 0.717) is 44.2 Å². The number of aliphatic hydroxyl groups excluding tert-OH is 1. The highest BCUT2D eigenvalue weighted by atomic mass is 32.1. The molecule has 0 bridgehead atoms. The average molecular weight is 483 g/mol. The van der Waals surface area contributed by atoms with Crippen LogP contribution in [0.2, 0.25) is 0 Å². The van der Waals surface area contributed by atoms with Gasteiger partial charge in [-0.05, 0) is 30.7 Å². The molecule has 0 saturated carbocycles. The number of rotatable bonds is 9. The van der Waals surface area contributed by atoms with E-state index in [2.05, 4.69) is 9.97 Å². The molecule has 0 aliphatic heterocycles. The van der Waals surface area contributed by atoms with Crippen molar-refractivity contribution in [3.63, 3.8) is 0 Å². The number of Topliss-reactive ketones (excluding diaryl/α,β-unsaturated/α-hetero) is 1. The molecule has 1 unspecified atom stereocenters. The quantitative estimate of drug-likeness (QED) is 0.327. The van der Waals surface area contributed by atoms with E-state index in [9.17, 15) is 14.3 Å². The van der Waals surface area contributed by atoms with Crippen LogP contribution in [0.3, 0.4) is 0 Å². The highest BCUT2D eigenvalue weighted by Crippen LogP contribution is 2.35. The Morgan fingerprint density at radius 1 is 1.06 bits per heavy atom. The summed E-state index contributed by atoms with van der Waals surface area (Å²) in [4.78, 5) is 21.6. The minimum absolute atomic E-state index is 0.0882. The number of carbonyl (C=O) groups excluding carboxylic acids is 1. The maximum atomic E-state index is 14.1. The summed E-state index contributed by atoms with van der Waals surface area (Å²) >= 11 is 1.26. The van der Waals surface area contributed by atoms with E-state index in [-0.39, 0.29) is 30.3 Å². The van der Waals surface area contributed by atoms with E-state index in [4.69, 9.17) is 14.2 Å². The third kappa shape index (κ3) is 4.71. The molecule has 0 aliphatic carbocycles. The van der Waals surface area contributed by atoms with Crippen LogP contribution in [0.5, 0.6) is 17.4 Å². The minimum Gasteiger partial charge on any atom is -0.493 e. The maximum Gasteiger partial charge on any atom is 0.216 e. The van der Waals surface area contributed by atoms with Gasteiger partial charge in [-0.1, -0.05) is 12.1 Å². The van der Waals surface area contributed by atoms with E-state index in [1.54, 1.807) is 35.7 Å². The zero-order valence-electron chi connectivity index (χ0n) is 18.9. The first-order valence-corrected chi connectivity index (χ1v) is 11.4. The van der Waals surface area contributed by atoms with Crippen LogP contribution in [-0.4, -0.2) is 42.2 Å². The van der Waals surface area contributed by atoms with Gasteiger partial charge in [0, 0.05) is 34.4 Å². The molecule has 4 rings (SSSR count). The van der Waals surface area contributed by atoms with E-state index < -0.39 is 6.10 Å². The Kier molecular flexibility index (Phi) is 7.04. The smallest absolute Gasteiger partial charge is 0.216 e. The predicted octanol–water partition coefficient (Wildman–Crippen LogP) is 5.22. The zero-order valence-corrected chi connectivity index (χ0v) is 19.7. The van der Waals surface area contributed by atoms with Crippen LogP contribution in [0.4, 0.5) is 4.39 Å². The van der Waals surface area contributed by atoms with Crippen molar-refractivity contribution in [2.75, 3.05) is 21.3 Å². The van der Waals surface area contributed by atoms with Gasteiger partial charge in [-0.2, -0.15) is 4.98 Å². The van der Waals surface area contributed by atoms with Crippen molar-refractivity contribution in [2.45, 2.75) is 18.9 Å². The number of ether oxygens (including phenoxy) is 3. The average Bonchev–Trinajstić information content (AvgIpc) is 3.31. The van der Waals surface area contributed by atoms with Gasteiger partial charge >= 0.3 is 0 Å². The molecule has 0 saturated heterocycles. The van der Waals surface area contributed by atoms with Gasteiger partial charge in [0.15, 0.2) is 23.1 Å². The third-order valence-corrected chi connectivity index (χ3v) is 6.42. The van der Waals surface area contributed by atoms with Crippen LogP contribution in [0.25, 0.3) is 21.5 Å². The number of hydrogen-bond acceptors (Lipinski definition) is 8. The van der Waals surface area contributed by atoms with E-state index >= 15 is 0 Å². The normalized spacial score (nSPS) is 11.9. The lowest BCUT2D eigenvalue weighted by Gasteiger charge is -2.13. The fourth-order valence-electron chi connectivity index (χ4n) is 3.60. The Bertz CT molecular complexity index is 1340. The van der Waals surface area contributed by atoms with Gasteiger partial charge in [0.05, 0.1) is 37.8 Å². The first-order chi connectivity index (χ1) is 16.4. The fraction of sp³-hybridized carbons (Fsp3) is 0.240. The lowest BCUT2D eigenvalue weighted by atomic mass is 10.0. The molecule has 0 radical (unpaired) electrons. The monoisotopic (exact) mass is 482 g/mol. The number of ketones is 1. The number of halogens is 1. The van der Waals surface area contributed by atoms with Crippen LogP contribution >= 0.6 is 11.3 Å². The number of fused-ring (bicyclic) bond motifs is 1. The second kappa shape index (κ2) is 10.1. The molecule has 34 heavy (non-hydrogen) atoms. The summed E-state index contributed by atoms with van der Waals surface area (Å²) < 4.78 is 30.4. The second-order valence-electron chi connectivity index (χ2n) is 7.47. The van der Waals surface area contributed by atoms with Crippen LogP contribution in [0.15, 0.2) is 47.8 Å². The molecule has 2 heterocycles. The molecule has 9 heteroatoms. The number of benzene rings is 2. The highest BCUT2D eigenvalue weighted by molar-refractivity contribution is 7.17. The molecule has 0 amide bonds. The van der Waals surface area contributed by atoms with E-state index in [1.165, 1.54) is 44.8 Å². The van der Waals surface area contributed by atoms with Crippen LogP contribution in [-0.2, 0) is 0 Å². The summed E-state index contributed by atoms with van der Waals surface area (Å²) in [6.07, 6.45) is -0.794. The molecule has 0 spiro atoms. The van der Waals surface area contributed by atoms with Crippen LogP contribution in [0, 0.1) is 5.82 Å². The molecular formula is C25H23FN2O5S. The number of aliphatic hydroxyl groups is 1. The van der Waals surface area contributed by atoms with Crippen molar-refractivity contribution in [3.8, 4) is 28.8 Å². The van der Waals surface area contributed by atoms with Crippen molar-refractivity contribution in [1.82, 2.24) is 9.97 Å². The maximum absolute atomic E-state index is 14.1. The van der Waals surface area contributed by atoms with Crippen molar-refractivity contribution in [1.29, 1.82) is 0 Å². The minimum atomic E-state index is -1.03. The SMILES string of the molecule is COc1cc(C(O)CCC(=O)c2ccc(OC)c(OC)c2)nc(-c2csc3c(F)cccc23)n1. The molecule has 2 aromatic carbocycles. The largest absolute Gasteiger partial charge is 0.493 e. The molecule has 1 atom stereocenters. The van der Waals surface area contributed by atoms with E-state index in [0.717, 1.165) is 0 Å². The highest BCUT2D eigenvalue weighted by Gasteiger charge is 2.19. The van der Waals surface area contributed by atoms with Gasteiger partial charge in [-0.3, -0.25) is 4.79 Å². The number of methoxy groups -OCH3 is 3. The Hall–Kier alpha value is -3.56. The number of carbonyl (C=O) groups is 1. The summed E-state index contributed by atoms with van der Waals surface area (Å²) in [6, 6.07) is 11.3. The van der Waals surface area contributed by atoms with Gasteiger partial charge in [0.25, 0.3) is 0 Å². The summed E-state index contributed by atoms with van der Waals surface area (Å²) in [5.74, 6) is 1.10. The lowest BCUT2D eigenvalue weighted by molar-refractivity contribution is 0.0937. The molecule has 1 N–H and O–H groups in total. The summed E-state index contributed by atoms with van der Waals surface area (Å²) in [7, 11) is 4.49. The van der Waals surface area contributed by atoms with Crippen molar-refractivity contribution in [3.05, 3.63) is 64.9 Å². The molecule has 0 fully saturated rings. The third-order valence-electron chi connectivity index (χ3n) is 5.42.